The second kappa shape index (κ2) is 5.31. The van der Waals surface area contributed by atoms with Crippen LogP contribution in [-0.2, 0) is 6.42 Å². The minimum Gasteiger partial charge on any atom is -0.439 e. The van der Waals surface area contributed by atoms with Crippen molar-refractivity contribution in [3.8, 4) is 11.6 Å². The highest BCUT2D eigenvalue weighted by molar-refractivity contribution is 5.93. The van der Waals surface area contributed by atoms with Crippen molar-refractivity contribution in [3.63, 3.8) is 0 Å². The van der Waals surface area contributed by atoms with Crippen molar-refractivity contribution in [1.82, 2.24) is 4.98 Å². The van der Waals surface area contributed by atoms with Crippen LogP contribution in [0.5, 0.6) is 11.6 Å². The summed E-state index contributed by atoms with van der Waals surface area (Å²) in [6.07, 6.45) is 0.998. The van der Waals surface area contributed by atoms with Gasteiger partial charge in [0.1, 0.15) is 17.3 Å². The quantitative estimate of drug-likeness (QED) is 0.638. The van der Waals surface area contributed by atoms with E-state index in [2.05, 4.69) is 11.9 Å². The van der Waals surface area contributed by atoms with Crippen LogP contribution in [0.1, 0.15) is 18.2 Å². The van der Waals surface area contributed by atoms with Crippen LogP contribution in [-0.4, -0.2) is 10.8 Å². The van der Waals surface area contributed by atoms with Gasteiger partial charge in [-0.2, -0.15) is 0 Å². The lowest BCUT2D eigenvalue weighted by Crippen LogP contribution is -2.13. The van der Waals surface area contributed by atoms with Gasteiger partial charge in [0.15, 0.2) is 0 Å². The first-order chi connectivity index (χ1) is 8.69. The number of hydrogen-bond donors (Lipinski definition) is 2. The van der Waals surface area contributed by atoms with Gasteiger partial charge in [0, 0.05) is 6.07 Å². The molecule has 0 unspecified atom stereocenters. The molecule has 18 heavy (non-hydrogen) atoms. The highest BCUT2D eigenvalue weighted by Crippen LogP contribution is 2.20. The van der Waals surface area contributed by atoms with Gasteiger partial charge in [-0.25, -0.2) is 4.98 Å². The number of rotatable bonds is 4. The van der Waals surface area contributed by atoms with E-state index >= 15 is 0 Å². The number of nitrogen functional groups attached to an aromatic ring is 1. The molecule has 92 valence electrons. The number of aryl methyl sites for hydroxylation is 1. The fourth-order valence-corrected chi connectivity index (χ4v) is 1.54. The molecule has 0 aliphatic carbocycles. The first kappa shape index (κ1) is 12.1. The third-order valence-electron chi connectivity index (χ3n) is 2.55. The number of nitrogens with two attached hydrogens (primary N) is 1. The van der Waals surface area contributed by atoms with E-state index in [9.17, 15) is 0 Å². The summed E-state index contributed by atoms with van der Waals surface area (Å²) in [4.78, 5) is 4.14. The Labute approximate surface area is 106 Å². The molecular weight excluding hydrogens is 226 g/mol. The molecule has 2 aromatic rings. The average molecular weight is 241 g/mol. The van der Waals surface area contributed by atoms with Gasteiger partial charge < -0.3 is 10.5 Å². The number of amidine groups is 1. The van der Waals surface area contributed by atoms with Crippen molar-refractivity contribution in [2.24, 2.45) is 5.73 Å². The zero-order valence-corrected chi connectivity index (χ0v) is 10.2. The predicted octanol–water partition coefficient (Wildman–Crippen LogP) is 2.72. The lowest BCUT2D eigenvalue weighted by molar-refractivity contribution is 0.462. The molecule has 4 heteroatoms. The molecule has 0 spiro atoms. The van der Waals surface area contributed by atoms with Gasteiger partial charge in [-0.05, 0) is 30.2 Å². The molecule has 4 nitrogen and oxygen atoms in total. The van der Waals surface area contributed by atoms with Crippen molar-refractivity contribution in [2.75, 3.05) is 0 Å². The van der Waals surface area contributed by atoms with Gasteiger partial charge in [-0.1, -0.05) is 25.1 Å². The van der Waals surface area contributed by atoms with Crippen molar-refractivity contribution in [1.29, 1.82) is 5.41 Å². The summed E-state index contributed by atoms with van der Waals surface area (Å²) in [5.41, 5.74) is 7.05. The molecule has 0 atom stereocenters. The Balaban J connectivity index is 2.17. The number of aromatic nitrogens is 1. The number of pyridine rings is 1. The van der Waals surface area contributed by atoms with Crippen LogP contribution >= 0.6 is 0 Å². The fraction of sp³-hybridized carbons (Fsp3) is 0.143. The van der Waals surface area contributed by atoms with Gasteiger partial charge in [0.05, 0.1) is 0 Å². The monoisotopic (exact) mass is 241 g/mol. The van der Waals surface area contributed by atoms with E-state index in [1.807, 2.05) is 24.3 Å². The summed E-state index contributed by atoms with van der Waals surface area (Å²) in [6, 6.07) is 13.0. The van der Waals surface area contributed by atoms with Gasteiger partial charge >= 0.3 is 0 Å². The molecule has 0 fully saturated rings. The number of benzene rings is 1. The van der Waals surface area contributed by atoms with Crippen LogP contribution in [0.25, 0.3) is 0 Å². The van der Waals surface area contributed by atoms with Gasteiger partial charge in [-0.15, -0.1) is 0 Å². The molecule has 1 aromatic carbocycles. The first-order valence-electron chi connectivity index (χ1n) is 5.77. The summed E-state index contributed by atoms with van der Waals surface area (Å²) in [5.74, 6) is 1.09. The first-order valence-corrected chi connectivity index (χ1v) is 5.77. The Bertz CT molecular complexity index is 549. The molecule has 0 radical (unpaired) electrons. The fourth-order valence-electron chi connectivity index (χ4n) is 1.54. The molecule has 0 amide bonds. The summed E-state index contributed by atoms with van der Waals surface area (Å²) >= 11 is 0. The topological polar surface area (TPSA) is 72.0 Å². The summed E-state index contributed by atoms with van der Waals surface area (Å²) in [5, 5.41) is 7.32. The highest BCUT2D eigenvalue weighted by atomic mass is 16.5. The maximum Gasteiger partial charge on any atom is 0.219 e. The zero-order valence-electron chi connectivity index (χ0n) is 10.2. The van der Waals surface area contributed by atoms with E-state index in [1.165, 1.54) is 5.56 Å². The van der Waals surface area contributed by atoms with Gasteiger partial charge in [-0.3, -0.25) is 5.41 Å². The third kappa shape index (κ3) is 2.85. The normalized spacial score (nSPS) is 10.1. The van der Waals surface area contributed by atoms with E-state index in [0.717, 1.165) is 12.2 Å². The second-order valence-electron chi connectivity index (χ2n) is 3.87. The van der Waals surface area contributed by atoms with Crippen LogP contribution in [0.4, 0.5) is 0 Å². The van der Waals surface area contributed by atoms with Crippen molar-refractivity contribution in [3.05, 3.63) is 53.7 Å². The third-order valence-corrected chi connectivity index (χ3v) is 2.55. The standard InChI is InChI=1S/C14H15N3O/c1-2-10-6-8-11(9-7-10)18-13-5-3-4-12(17-13)14(15)16/h3-9H,2H2,1H3,(H3,15,16). The van der Waals surface area contributed by atoms with Gasteiger partial charge in [0.25, 0.3) is 0 Å². The predicted molar refractivity (Wildman–Crippen MR) is 71.1 cm³/mol. The minimum absolute atomic E-state index is 0.0678. The van der Waals surface area contributed by atoms with Gasteiger partial charge in [0.2, 0.25) is 5.88 Å². The van der Waals surface area contributed by atoms with Crippen LogP contribution < -0.4 is 10.5 Å². The molecule has 1 aromatic heterocycles. The lowest BCUT2D eigenvalue weighted by Gasteiger charge is -2.06. The van der Waals surface area contributed by atoms with Crippen molar-refractivity contribution in [2.45, 2.75) is 13.3 Å². The Kier molecular flexibility index (Phi) is 3.57. The number of nitrogens with zero attached hydrogens (tertiary/aromatic N) is 1. The molecule has 0 aliphatic heterocycles. The Hall–Kier alpha value is -2.36. The van der Waals surface area contributed by atoms with Crippen LogP contribution in [0.3, 0.4) is 0 Å². The Morgan fingerprint density at radius 2 is 1.94 bits per heavy atom. The maximum atomic E-state index is 7.32. The Morgan fingerprint density at radius 1 is 1.22 bits per heavy atom. The molecule has 0 saturated carbocycles. The zero-order chi connectivity index (χ0) is 13.0. The van der Waals surface area contributed by atoms with E-state index in [-0.39, 0.29) is 5.84 Å². The molecule has 0 aliphatic rings. The van der Waals surface area contributed by atoms with E-state index in [1.54, 1.807) is 18.2 Å². The Morgan fingerprint density at radius 3 is 2.56 bits per heavy atom. The minimum atomic E-state index is -0.0678. The second-order valence-corrected chi connectivity index (χ2v) is 3.87. The molecular formula is C14H15N3O. The lowest BCUT2D eigenvalue weighted by atomic mass is 10.2. The average Bonchev–Trinajstić information content (AvgIpc) is 2.40. The largest absolute Gasteiger partial charge is 0.439 e. The van der Waals surface area contributed by atoms with Crippen LogP contribution in [0.2, 0.25) is 0 Å². The van der Waals surface area contributed by atoms with Crippen molar-refractivity contribution < 1.29 is 4.74 Å². The molecule has 3 N–H and O–H groups in total. The summed E-state index contributed by atoms with van der Waals surface area (Å²) in [7, 11) is 0. The van der Waals surface area contributed by atoms with E-state index < -0.39 is 0 Å². The molecule has 2 rings (SSSR count). The summed E-state index contributed by atoms with van der Waals surface area (Å²) < 4.78 is 5.61. The van der Waals surface area contributed by atoms with E-state index in [4.69, 9.17) is 15.9 Å². The number of nitrogens with one attached hydrogen (secondary N) is 1. The van der Waals surface area contributed by atoms with Crippen LogP contribution in [0, 0.1) is 5.41 Å². The number of hydrogen-bond acceptors (Lipinski definition) is 3. The molecule has 0 bridgehead atoms. The highest BCUT2D eigenvalue weighted by Gasteiger charge is 2.02. The van der Waals surface area contributed by atoms with E-state index in [0.29, 0.717) is 11.6 Å². The molecule has 1 heterocycles. The number of ether oxygens (including phenoxy) is 1. The van der Waals surface area contributed by atoms with Crippen molar-refractivity contribution >= 4 is 5.84 Å². The summed E-state index contributed by atoms with van der Waals surface area (Å²) in [6.45, 7) is 2.10. The smallest absolute Gasteiger partial charge is 0.219 e. The molecule has 0 saturated heterocycles. The maximum absolute atomic E-state index is 7.32. The van der Waals surface area contributed by atoms with Crippen LogP contribution in [0.15, 0.2) is 42.5 Å². The SMILES string of the molecule is CCc1ccc(Oc2cccc(C(=N)N)n2)cc1.